The number of nitrogens with zero attached hydrogens (tertiary/aromatic N) is 3. The zero-order chi connectivity index (χ0) is 12.6. The van der Waals surface area contributed by atoms with Gasteiger partial charge in [0.05, 0.1) is 5.69 Å². The van der Waals surface area contributed by atoms with Crippen LogP contribution in [0.4, 0.5) is 14.6 Å². The second kappa shape index (κ2) is 4.23. The number of halogens is 2. The van der Waals surface area contributed by atoms with E-state index in [4.69, 9.17) is 5.73 Å². The number of nitrogen functional groups attached to an aromatic ring is 1. The average molecular weight is 244 g/mol. The first-order valence-electron chi connectivity index (χ1n) is 5.96. The Balaban J connectivity index is 2.10. The Bertz CT molecular complexity index is 400. The summed E-state index contributed by atoms with van der Waals surface area (Å²) in [6.07, 6.45) is 0.480. The number of alkyl halides is 2. The molecule has 0 spiro atoms. The zero-order valence-electron chi connectivity index (χ0n) is 10.2. The van der Waals surface area contributed by atoms with Crippen LogP contribution in [0, 0.1) is 5.92 Å². The van der Waals surface area contributed by atoms with Gasteiger partial charge < -0.3 is 5.73 Å². The highest BCUT2D eigenvalue weighted by Crippen LogP contribution is 2.39. The second-order valence-electron chi connectivity index (χ2n) is 5.16. The second-order valence-corrected chi connectivity index (χ2v) is 5.16. The van der Waals surface area contributed by atoms with Crippen molar-refractivity contribution in [3.05, 3.63) is 5.69 Å². The fourth-order valence-corrected chi connectivity index (χ4v) is 2.50. The van der Waals surface area contributed by atoms with Crippen molar-refractivity contribution in [3.63, 3.8) is 0 Å². The van der Waals surface area contributed by atoms with Gasteiger partial charge in [0.2, 0.25) is 5.92 Å². The van der Waals surface area contributed by atoms with Crippen molar-refractivity contribution in [1.29, 1.82) is 0 Å². The summed E-state index contributed by atoms with van der Waals surface area (Å²) in [7, 11) is 0. The SMILES string of the molecule is CC(C)c1c(N)nnn1CC1CCC(F)(F)C1. The quantitative estimate of drug-likeness (QED) is 0.888. The lowest BCUT2D eigenvalue weighted by Gasteiger charge is -2.14. The van der Waals surface area contributed by atoms with E-state index in [-0.39, 0.29) is 24.7 Å². The summed E-state index contributed by atoms with van der Waals surface area (Å²) in [5, 5.41) is 7.76. The van der Waals surface area contributed by atoms with Gasteiger partial charge in [0.25, 0.3) is 0 Å². The van der Waals surface area contributed by atoms with Crippen molar-refractivity contribution in [2.45, 2.75) is 51.5 Å². The van der Waals surface area contributed by atoms with Crippen LogP contribution in [0.2, 0.25) is 0 Å². The van der Waals surface area contributed by atoms with Crippen molar-refractivity contribution >= 4 is 5.82 Å². The number of nitrogens with two attached hydrogens (primary N) is 1. The molecular weight excluding hydrogens is 226 g/mol. The van der Waals surface area contributed by atoms with Gasteiger partial charge in [-0.25, -0.2) is 13.5 Å². The van der Waals surface area contributed by atoms with Gasteiger partial charge in [-0.1, -0.05) is 19.1 Å². The Labute approximate surface area is 99.2 Å². The van der Waals surface area contributed by atoms with Crippen LogP contribution in [0.25, 0.3) is 0 Å². The average Bonchev–Trinajstić information content (AvgIpc) is 2.71. The van der Waals surface area contributed by atoms with Crippen molar-refractivity contribution in [2.24, 2.45) is 5.92 Å². The predicted octanol–water partition coefficient (Wildman–Crippen LogP) is 2.42. The highest BCUT2D eigenvalue weighted by molar-refractivity contribution is 5.35. The van der Waals surface area contributed by atoms with Crippen LogP contribution in [0.15, 0.2) is 0 Å². The maximum absolute atomic E-state index is 13.1. The molecule has 1 aromatic rings. The molecule has 1 aliphatic rings. The van der Waals surface area contributed by atoms with Crippen LogP contribution in [0.1, 0.15) is 44.7 Å². The molecule has 2 rings (SSSR count). The molecule has 4 nitrogen and oxygen atoms in total. The number of hydrogen-bond donors (Lipinski definition) is 1. The fourth-order valence-electron chi connectivity index (χ4n) is 2.50. The molecule has 1 atom stereocenters. The number of hydrogen-bond acceptors (Lipinski definition) is 3. The van der Waals surface area contributed by atoms with E-state index in [0.29, 0.717) is 18.8 Å². The maximum atomic E-state index is 13.1. The zero-order valence-corrected chi connectivity index (χ0v) is 10.2. The fraction of sp³-hybridized carbons (Fsp3) is 0.818. The molecule has 0 saturated heterocycles. The van der Waals surface area contributed by atoms with Crippen LogP contribution >= 0.6 is 0 Å². The van der Waals surface area contributed by atoms with Crippen LogP contribution in [-0.4, -0.2) is 20.9 Å². The molecule has 1 aromatic heterocycles. The van der Waals surface area contributed by atoms with Crippen molar-refractivity contribution in [3.8, 4) is 0 Å². The van der Waals surface area contributed by atoms with E-state index in [2.05, 4.69) is 10.3 Å². The van der Waals surface area contributed by atoms with E-state index < -0.39 is 5.92 Å². The molecule has 0 radical (unpaired) electrons. The van der Waals surface area contributed by atoms with Crippen molar-refractivity contribution in [2.75, 3.05) is 5.73 Å². The van der Waals surface area contributed by atoms with Gasteiger partial charge in [0, 0.05) is 19.4 Å². The van der Waals surface area contributed by atoms with E-state index in [0.717, 1.165) is 5.69 Å². The van der Waals surface area contributed by atoms with E-state index in [1.807, 2.05) is 13.8 Å². The van der Waals surface area contributed by atoms with Gasteiger partial charge >= 0.3 is 0 Å². The third kappa shape index (κ3) is 2.56. The van der Waals surface area contributed by atoms with E-state index >= 15 is 0 Å². The van der Waals surface area contributed by atoms with Crippen LogP contribution in [0.5, 0.6) is 0 Å². The monoisotopic (exact) mass is 244 g/mol. The minimum Gasteiger partial charge on any atom is -0.381 e. The molecule has 0 aromatic carbocycles. The molecular formula is C11H18F2N4. The summed E-state index contributed by atoms with van der Waals surface area (Å²) in [6, 6.07) is 0. The Morgan fingerprint density at radius 1 is 1.53 bits per heavy atom. The number of aromatic nitrogens is 3. The molecule has 2 N–H and O–H groups in total. The molecule has 1 unspecified atom stereocenters. The van der Waals surface area contributed by atoms with Gasteiger partial charge in [0.1, 0.15) is 0 Å². The molecule has 96 valence electrons. The lowest BCUT2D eigenvalue weighted by molar-refractivity contribution is 0.00416. The highest BCUT2D eigenvalue weighted by Gasteiger charge is 2.39. The van der Waals surface area contributed by atoms with Crippen LogP contribution in [0.3, 0.4) is 0 Å². The summed E-state index contributed by atoms with van der Waals surface area (Å²) in [5.41, 5.74) is 6.57. The summed E-state index contributed by atoms with van der Waals surface area (Å²) in [6.45, 7) is 4.48. The Kier molecular flexibility index (Phi) is 3.05. The molecule has 1 aliphatic carbocycles. The summed E-state index contributed by atoms with van der Waals surface area (Å²) in [5.74, 6) is -1.92. The number of anilines is 1. The lowest BCUT2D eigenvalue weighted by atomic mass is 10.1. The van der Waals surface area contributed by atoms with E-state index in [9.17, 15) is 8.78 Å². The molecule has 1 fully saturated rings. The Hall–Kier alpha value is -1.20. The van der Waals surface area contributed by atoms with Gasteiger partial charge in [-0.05, 0) is 18.3 Å². The van der Waals surface area contributed by atoms with Crippen LogP contribution in [-0.2, 0) is 6.54 Å². The highest BCUT2D eigenvalue weighted by atomic mass is 19.3. The lowest BCUT2D eigenvalue weighted by Crippen LogP contribution is -2.16. The standard InChI is InChI=1S/C11H18F2N4/c1-7(2)9-10(14)15-16-17(9)6-8-3-4-11(12,13)5-8/h7-8H,3-6,14H2,1-2H3. The molecule has 6 heteroatoms. The van der Waals surface area contributed by atoms with Gasteiger partial charge in [0.15, 0.2) is 5.82 Å². The van der Waals surface area contributed by atoms with Crippen molar-refractivity contribution < 1.29 is 8.78 Å². The summed E-state index contributed by atoms with van der Waals surface area (Å²) in [4.78, 5) is 0. The van der Waals surface area contributed by atoms with Crippen LogP contribution < -0.4 is 5.73 Å². The van der Waals surface area contributed by atoms with E-state index in [1.54, 1.807) is 4.68 Å². The normalized spacial score (nSPS) is 23.5. The smallest absolute Gasteiger partial charge is 0.248 e. The topological polar surface area (TPSA) is 56.7 Å². The third-order valence-electron chi connectivity index (χ3n) is 3.28. The van der Waals surface area contributed by atoms with Crippen molar-refractivity contribution in [1.82, 2.24) is 15.0 Å². The summed E-state index contributed by atoms with van der Waals surface area (Å²) >= 11 is 0. The minimum absolute atomic E-state index is 0.0150. The summed E-state index contributed by atoms with van der Waals surface area (Å²) < 4.78 is 27.9. The molecule has 1 saturated carbocycles. The predicted molar refractivity (Wildman–Crippen MR) is 60.8 cm³/mol. The first-order chi connectivity index (χ1) is 7.89. The van der Waals surface area contributed by atoms with Gasteiger partial charge in [-0.2, -0.15) is 0 Å². The molecule has 0 amide bonds. The van der Waals surface area contributed by atoms with Gasteiger partial charge in [-0.15, -0.1) is 5.10 Å². The number of rotatable bonds is 3. The Morgan fingerprint density at radius 3 is 2.76 bits per heavy atom. The largest absolute Gasteiger partial charge is 0.381 e. The van der Waals surface area contributed by atoms with Gasteiger partial charge in [-0.3, -0.25) is 0 Å². The van der Waals surface area contributed by atoms with E-state index in [1.165, 1.54) is 0 Å². The molecule has 0 bridgehead atoms. The maximum Gasteiger partial charge on any atom is 0.248 e. The molecule has 17 heavy (non-hydrogen) atoms. The first-order valence-corrected chi connectivity index (χ1v) is 5.96. The molecule has 0 aliphatic heterocycles. The molecule has 1 heterocycles. The third-order valence-corrected chi connectivity index (χ3v) is 3.28. The first kappa shape index (κ1) is 12.3. The minimum atomic E-state index is -2.51. The Morgan fingerprint density at radius 2 is 2.24 bits per heavy atom.